The molecule has 1 fully saturated rings. The topological polar surface area (TPSA) is 45.7 Å². The first kappa shape index (κ1) is 15.3. The maximum atomic E-state index is 11.5. The van der Waals surface area contributed by atoms with E-state index in [4.69, 9.17) is 4.74 Å². The molecular weight excluding hydrogens is 274 g/mol. The van der Waals surface area contributed by atoms with Crippen LogP contribution in [0.25, 0.3) is 0 Å². The quantitative estimate of drug-likeness (QED) is 0.775. The van der Waals surface area contributed by atoms with Gasteiger partial charge in [0.05, 0.1) is 18.7 Å². The summed E-state index contributed by atoms with van der Waals surface area (Å²) < 4.78 is 4.95. The van der Waals surface area contributed by atoms with E-state index in [9.17, 15) is 4.79 Å². The average Bonchev–Trinajstić information content (AvgIpc) is 2.87. The molecule has 0 N–H and O–H groups in total. The number of likely N-dealkylation sites (tertiary alicyclic amines) is 1. The lowest BCUT2D eigenvalue weighted by Gasteiger charge is -2.34. The van der Waals surface area contributed by atoms with Crippen LogP contribution < -0.4 is 4.90 Å². The fourth-order valence-electron chi connectivity index (χ4n) is 2.44. The van der Waals surface area contributed by atoms with E-state index in [2.05, 4.69) is 28.9 Å². The van der Waals surface area contributed by atoms with Crippen LogP contribution in [0.3, 0.4) is 0 Å². The van der Waals surface area contributed by atoms with Crippen LogP contribution in [0.15, 0.2) is 5.38 Å². The number of piperidine rings is 1. The average molecular weight is 297 g/mol. The van der Waals surface area contributed by atoms with Gasteiger partial charge in [0.15, 0.2) is 5.13 Å². The normalized spacial score (nSPS) is 17.1. The van der Waals surface area contributed by atoms with Crippen molar-refractivity contribution in [3.8, 4) is 0 Å². The summed E-state index contributed by atoms with van der Waals surface area (Å²) in [6.45, 7) is 4.51. The number of carbonyl (C=O) groups excluding carboxylic acids is 1. The zero-order valence-electron chi connectivity index (χ0n) is 12.5. The van der Waals surface area contributed by atoms with E-state index in [1.165, 1.54) is 12.8 Å². The number of nitrogens with zero attached hydrogens (tertiary/aromatic N) is 3. The highest BCUT2D eigenvalue weighted by atomic mass is 32.1. The Kier molecular flexibility index (Phi) is 5.37. The summed E-state index contributed by atoms with van der Waals surface area (Å²) in [7, 11) is 4.26. The summed E-state index contributed by atoms with van der Waals surface area (Å²) in [5.41, 5.74) is 0.809. The lowest BCUT2D eigenvalue weighted by molar-refractivity contribution is -0.142. The minimum Gasteiger partial charge on any atom is -0.466 e. The number of hydrogen-bond donors (Lipinski definition) is 0. The fourth-order valence-corrected chi connectivity index (χ4v) is 3.30. The molecule has 1 aliphatic rings. The molecule has 1 saturated heterocycles. The Balaban J connectivity index is 1.92. The minimum atomic E-state index is -0.203. The molecule has 20 heavy (non-hydrogen) atoms. The number of thiazole rings is 1. The summed E-state index contributed by atoms with van der Waals surface area (Å²) in [5, 5.41) is 2.95. The lowest BCUT2D eigenvalue weighted by atomic mass is 10.0. The third kappa shape index (κ3) is 3.93. The molecule has 0 bridgehead atoms. The van der Waals surface area contributed by atoms with E-state index >= 15 is 0 Å². The number of ether oxygens (including phenoxy) is 1. The Hall–Kier alpha value is -1.14. The van der Waals surface area contributed by atoms with Gasteiger partial charge < -0.3 is 14.5 Å². The van der Waals surface area contributed by atoms with Gasteiger partial charge in [-0.05, 0) is 39.9 Å². The molecule has 112 valence electrons. The maximum Gasteiger partial charge on any atom is 0.311 e. The molecule has 2 rings (SSSR count). The van der Waals surface area contributed by atoms with Crippen LogP contribution in [0, 0.1) is 0 Å². The number of rotatable bonds is 5. The van der Waals surface area contributed by atoms with Gasteiger partial charge in [-0.3, -0.25) is 4.79 Å². The SMILES string of the molecule is CCOC(=O)Cc1csc(N(C)C2CCN(C)CC2)n1. The first-order valence-electron chi connectivity index (χ1n) is 7.11. The van der Waals surface area contributed by atoms with Gasteiger partial charge in [-0.1, -0.05) is 0 Å². The molecule has 0 amide bonds. The molecule has 0 aliphatic carbocycles. The van der Waals surface area contributed by atoms with Crippen LogP contribution >= 0.6 is 11.3 Å². The molecule has 6 heteroatoms. The van der Waals surface area contributed by atoms with Crippen molar-refractivity contribution < 1.29 is 9.53 Å². The Morgan fingerprint density at radius 3 is 2.90 bits per heavy atom. The third-order valence-corrected chi connectivity index (χ3v) is 4.69. The zero-order valence-corrected chi connectivity index (χ0v) is 13.3. The molecule has 0 unspecified atom stereocenters. The summed E-state index contributed by atoms with van der Waals surface area (Å²) >= 11 is 1.61. The number of aromatic nitrogens is 1. The fraction of sp³-hybridized carbons (Fsp3) is 0.714. The molecule has 0 aromatic carbocycles. The zero-order chi connectivity index (χ0) is 14.5. The Bertz CT molecular complexity index is 441. The highest BCUT2D eigenvalue weighted by molar-refractivity contribution is 7.13. The van der Waals surface area contributed by atoms with Gasteiger partial charge in [0.2, 0.25) is 0 Å². The van der Waals surface area contributed by atoms with Gasteiger partial charge in [0.1, 0.15) is 0 Å². The van der Waals surface area contributed by atoms with Crippen molar-refractivity contribution in [3.05, 3.63) is 11.1 Å². The summed E-state index contributed by atoms with van der Waals surface area (Å²) in [6, 6.07) is 0.549. The van der Waals surface area contributed by atoms with Gasteiger partial charge in [-0.25, -0.2) is 4.98 Å². The van der Waals surface area contributed by atoms with E-state index in [1.54, 1.807) is 11.3 Å². The van der Waals surface area contributed by atoms with Crippen molar-refractivity contribution in [1.29, 1.82) is 0 Å². The van der Waals surface area contributed by atoms with Crippen LogP contribution in [-0.4, -0.2) is 55.7 Å². The van der Waals surface area contributed by atoms with Crippen LogP contribution in [0.5, 0.6) is 0 Å². The van der Waals surface area contributed by atoms with Gasteiger partial charge in [0, 0.05) is 18.5 Å². The van der Waals surface area contributed by atoms with Crippen molar-refractivity contribution in [3.63, 3.8) is 0 Å². The van der Waals surface area contributed by atoms with Gasteiger partial charge >= 0.3 is 5.97 Å². The molecule has 1 aromatic rings. The highest BCUT2D eigenvalue weighted by Crippen LogP contribution is 2.25. The van der Waals surface area contributed by atoms with Gasteiger partial charge in [0.25, 0.3) is 0 Å². The number of carbonyl (C=O) groups is 1. The standard InChI is InChI=1S/C14H23N3O2S/c1-4-19-13(18)9-11-10-20-14(15-11)17(3)12-5-7-16(2)8-6-12/h10,12H,4-9H2,1-3H3. The molecular formula is C14H23N3O2S. The monoisotopic (exact) mass is 297 g/mol. The van der Waals surface area contributed by atoms with E-state index in [-0.39, 0.29) is 12.4 Å². The molecule has 5 nitrogen and oxygen atoms in total. The second-order valence-electron chi connectivity index (χ2n) is 5.25. The highest BCUT2D eigenvalue weighted by Gasteiger charge is 2.22. The lowest BCUT2D eigenvalue weighted by Crippen LogP contribution is -2.41. The molecule has 0 saturated carbocycles. The summed E-state index contributed by atoms with van der Waals surface area (Å²) in [5.74, 6) is -0.203. The molecule has 0 spiro atoms. The number of hydrogen-bond acceptors (Lipinski definition) is 6. The predicted molar refractivity (Wildman–Crippen MR) is 81.4 cm³/mol. The summed E-state index contributed by atoms with van der Waals surface area (Å²) in [6.07, 6.45) is 2.60. The Morgan fingerprint density at radius 2 is 2.25 bits per heavy atom. The smallest absolute Gasteiger partial charge is 0.311 e. The Morgan fingerprint density at radius 1 is 1.55 bits per heavy atom. The van der Waals surface area contributed by atoms with Crippen LogP contribution in [0.4, 0.5) is 5.13 Å². The molecule has 0 atom stereocenters. The van der Waals surface area contributed by atoms with Gasteiger partial charge in [-0.2, -0.15) is 0 Å². The van der Waals surface area contributed by atoms with Crippen molar-refractivity contribution >= 4 is 22.4 Å². The van der Waals surface area contributed by atoms with Crippen molar-refractivity contribution in [1.82, 2.24) is 9.88 Å². The van der Waals surface area contributed by atoms with Crippen molar-refractivity contribution in [2.24, 2.45) is 0 Å². The maximum absolute atomic E-state index is 11.5. The number of anilines is 1. The molecule has 2 heterocycles. The first-order valence-corrected chi connectivity index (χ1v) is 7.99. The second kappa shape index (κ2) is 7.04. The van der Waals surface area contributed by atoms with Crippen LogP contribution in [-0.2, 0) is 16.0 Å². The molecule has 1 aromatic heterocycles. The van der Waals surface area contributed by atoms with E-state index in [0.29, 0.717) is 12.6 Å². The van der Waals surface area contributed by atoms with Crippen LogP contribution in [0.1, 0.15) is 25.5 Å². The first-order chi connectivity index (χ1) is 9.60. The second-order valence-corrected chi connectivity index (χ2v) is 6.09. The number of esters is 1. The molecule has 1 aliphatic heterocycles. The largest absolute Gasteiger partial charge is 0.466 e. The van der Waals surface area contributed by atoms with Crippen LogP contribution in [0.2, 0.25) is 0 Å². The minimum absolute atomic E-state index is 0.203. The van der Waals surface area contributed by atoms with E-state index in [1.807, 2.05) is 12.3 Å². The van der Waals surface area contributed by atoms with E-state index in [0.717, 1.165) is 23.9 Å². The summed E-state index contributed by atoms with van der Waals surface area (Å²) in [4.78, 5) is 20.6. The van der Waals surface area contributed by atoms with Crippen molar-refractivity contribution in [2.45, 2.75) is 32.2 Å². The van der Waals surface area contributed by atoms with Crippen molar-refractivity contribution in [2.75, 3.05) is 38.7 Å². The molecule has 0 radical (unpaired) electrons. The van der Waals surface area contributed by atoms with E-state index < -0.39 is 0 Å². The van der Waals surface area contributed by atoms with Gasteiger partial charge in [-0.15, -0.1) is 11.3 Å². The third-order valence-electron chi connectivity index (χ3n) is 3.71. The Labute approximate surface area is 124 Å². The predicted octanol–water partition coefficient (Wildman–Crippen LogP) is 1.78.